The van der Waals surface area contributed by atoms with Gasteiger partial charge in [0, 0.05) is 18.3 Å². The minimum atomic E-state index is -0.0915. The molecule has 1 saturated heterocycles. The lowest BCUT2D eigenvalue weighted by Gasteiger charge is -2.25. The number of nitrogens with zero attached hydrogens (tertiary/aromatic N) is 1. The molecule has 1 aliphatic rings. The highest BCUT2D eigenvalue weighted by Crippen LogP contribution is 2.42. The number of nitrogens with one attached hydrogen (secondary N) is 1. The number of thioether (sulfide) groups is 1. The van der Waals surface area contributed by atoms with Gasteiger partial charge in [0.15, 0.2) is 0 Å². The summed E-state index contributed by atoms with van der Waals surface area (Å²) in [6, 6.07) is 15.8. The molecule has 0 bridgehead atoms. The van der Waals surface area contributed by atoms with Crippen LogP contribution in [0.15, 0.2) is 48.5 Å². The van der Waals surface area contributed by atoms with Gasteiger partial charge < -0.3 is 5.32 Å². The molecular formula is C19H20N2O2S. The van der Waals surface area contributed by atoms with Gasteiger partial charge in [-0.25, -0.2) is 0 Å². The van der Waals surface area contributed by atoms with E-state index in [2.05, 4.69) is 24.4 Å². The summed E-state index contributed by atoms with van der Waals surface area (Å²) in [4.78, 5) is 25.4. The second-order valence-corrected chi connectivity index (χ2v) is 6.82. The molecular weight excluding hydrogens is 320 g/mol. The van der Waals surface area contributed by atoms with Crippen molar-refractivity contribution in [2.45, 2.75) is 25.6 Å². The van der Waals surface area contributed by atoms with Crippen molar-refractivity contribution in [3.05, 3.63) is 59.7 Å². The van der Waals surface area contributed by atoms with E-state index in [0.717, 1.165) is 23.4 Å². The Morgan fingerprint density at radius 1 is 1.25 bits per heavy atom. The van der Waals surface area contributed by atoms with Crippen LogP contribution in [0.25, 0.3) is 0 Å². The van der Waals surface area contributed by atoms with Crippen LogP contribution < -0.4 is 10.2 Å². The van der Waals surface area contributed by atoms with Crippen LogP contribution in [0.5, 0.6) is 0 Å². The number of hydrogen-bond acceptors (Lipinski definition) is 3. The summed E-state index contributed by atoms with van der Waals surface area (Å²) in [6.45, 7) is 3.60. The first kappa shape index (κ1) is 16.6. The van der Waals surface area contributed by atoms with Gasteiger partial charge in [-0.1, -0.05) is 31.2 Å². The average Bonchev–Trinajstić information content (AvgIpc) is 2.96. The Balaban J connectivity index is 1.88. The fourth-order valence-electron chi connectivity index (χ4n) is 2.81. The fourth-order valence-corrected chi connectivity index (χ4v) is 3.99. The van der Waals surface area contributed by atoms with Crippen molar-refractivity contribution in [3.63, 3.8) is 0 Å². The molecule has 1 heterocycles. The summed E-state index contributed by atoms with van der Waals surface area (Å²) in [5, 5.41) is 2.73. The Morgan fingerprint density at radius 3 is 2.67 bits per heavy atom. The summed E-state index contributed by atoms with van der Waals surface area (Å²) in [7, 11) is 0. The summed E-state index contributed by atoms with van der Waals surface area (Å²) in [6.07, 6.45) is 0.944. The maximum absolute atomic E-state index is 12.4. The van der Waals surface area contributed by atoms with Crippen LogP contribution in [0.1, 0.15) is 30.3 Å². The third-order valence-corrected chi connectivity index (χ3v) is 5.19. The Morgan fingerprint density at radius 2 is 2.00 bits per heavy atom. The Hall–Kier alpha value is -2.27. The summed E-state index contributed by atoms with van der Waals surface area (Å²) in [5.74, 6) is 0.518. The molecule has 0 saturated carbocycles. The summed E-state index contributed by atoms with van der Waals surface area (Å²) >= 11 is 1.63. The molecule has 3 rings (SSSR count). The first-order valence-electron chi connectivity index (χ1n) is 7.98. The molecule has 1 fully saturated rings. The zero-order valence-corrected chi connectivity index (χ0v) is 14.6. The van der Waals surface area contributed by atoms with Crippen LogP contribution in [0.2, 0.25) is 0 Å². The van der Waals surface area contributed by atoms with Crippen molar-refractivity contribution in [3.8, 4) is 0 Å². The average molecular weight is 340 g/mol. The van der Waals surface area contributed by atoms with E-state index in [1.54, 1.807) is 11.8 Å². The minimum Gasteiger partial charge on any atom is -0.326 e. The van der Waals surface area contributed by atoms with E-state index in [9.17, 15) is 9.59 Å². The number of carbonyl (C=O) groups is 2. The van der Waals surface area contributed by atoms with E-state index in [4.69, 9.17) is 0 Å². The number of anilines is 2. The molecule has 2 amide bonds. The quantitative estimate of drug-likeness (QED) is 0.916. The van der Waals surface area contributed by atoms with Crippen molar-refractivity contribution < 1.29 is 9.59 Å². The predicted octanol–water partition coefficient (Wildman–Crippen LogP) is 3.99. The third kappa shape index (κ3) is 3.46. The first-order valence-corrected chi connectivity index (χ1v) is 9.03. The maximum Gasteiger partial charge on any atom is 0.238 e. The lowest BCUT2D eigenvalue weighted by molar-refractivity contribution is -0.116. The second kappa shape index (κ2) is 7.09. The highest BCUT2D eigenvalue weighted by atomic mass is 32.2. The molecule has 1 unspecified atom stereocenters. The molecule has 24 heavy (non-hydrogen) atoms. The molecule has 1 atom stereocenters. The molecule has 0 aromatic heterocycles. The van der Waals surface area contributed by atoms with Crippen molar-refractivity contribution in [1.82, 2.24) is 0 Å². The van der Waals surface area contributed by atoms with Gasteiger partial charge in [-0.3, -0.25) is 14.5 Å². The molecule has 0 aliphatic carbocycles. The maximum atomic E-state index is 12.4. The van der Waals surface area contributed by atoms with Crippen LogP contribution in [0.3, 0.4) is 0 Å². The number of carbonyl (C=O) groups excluding carboxylic acids is 2. The van der Waals surface area contributed by atoms with E-state index in [1.165, 1.54) is 12.5 Å². The molecule has 0 radical (unpaired) electrons. The molecule has 1 N–H and O–H groups in total. The Kier molecular flexibility index (Phi) is 4.90. The largest absolute Gasteiger partial charge is 0.326 e. The summed E-state index contributed by atoms with van der Waals surface area (Å²) in [5.41, 5.74) is 3.99. The van der Waals surface area contributed by atoms with Gasteiger partial charge in [0.25, 0.3) is 0 Å². The van der Waals surface area contributed by atoms with Crippen LogP contribution in [0, 0.1) is 0 Å². The van der Waals surface area contributed by atoms with Gasteiger partial charge in [-0.15, -0.1) is 11.8 Å². The number of hydrogen-bond donors (Lipinski definition) is 1. The van der Waals surface area contributed by atoms with Gasteiger partial charge in [-0.2, -0.15) is 0 Å². The zero-order chi connectivity index (χ0) is 17.1. The molecule has 5 heteroatoms. The molecule has 124 valence electrons. The molecule has 1 aliphatic heterocycles. The van der Waals surface area contributed by atoms with Gasteiger partial charge in [0.05, 0.1) is 5.75 Å². The van der Waals surface area contributed by atoms with Crippen LogP contribution in [-0.2, 0) is 16.0 Å². The van der Waals surface area contributed by atoms with Crippen LogP contribution in [-0.4, -0.2) is 17.6 Å². The van der Waals surface area contributed by atoms with Crippen molar-refractivity contribution in [2.24, 2.45) is 0 Å². The molecule has 0 spiro atoms. The number of aryl methyl sites for hydroxylation is 1. The minimum absolute atomic E-state index is 0.0315. The van der Waals surface area contributed by atoms with E-state index in [-0.39, 0.29) is 17.2 Å². The summed E-state index contributed by atoms with van der Waals surface area (Å²) < 4.78 is 0. The fraction of sp³-hybridized carbons (Fsp3) is 0.263. The SMILES string of the molecule is CCc1cccc(N2C(=O)CSC2c2ccc(NC(C)=O)cc2)c1. The van der Waals surface area contributed by atoms with Gasteiger partial charge in [0.2, 0.25) is 11.8 Å². The van der Waals surface area contributed by atoms with Crippen molar-refractivity contribution >= 4 is 35.0 Å². The Labute approximate surface area is 146 Å². The van der Waals surface area contributed by atoms with Crippen LogP contribution in [0.4, 0.5) is 11.4 Å². The second-order valence-electron chi connectivity index (χ2n) is 5.75. The highest BCUT2D eigenvalue weighted by molar-refractivity contribution is 8.00. The van der Waals surface area contributed by atoms with Crippen molar-refractivity contribution in [2.75, 3.05) is 16.0 Å². The van der Waals surface area contributed by atoms with Gasteiger partial charge in [-0.05, 0) is 41.8 Å². The normalized spacial score (nSPS) is 17.2. The number of amides is 2. The lowest BCUT2D eigenvalue weighted by atomic mass is 10.1. The van der Waals surface area contributed by atoms with E-state index in [0.29, 0.717) is 5.75 Å². The van der Waals surface area contributed by atoms with E-state index >= 15 is 0 Å². The predicted molar refractivity (Wildman–Crippen MR) is 99.3 cm³/mol. The number of benzene rings is 2. The first-order chi connectivity index (χ1) is 11.6. The van der Waals surface area contributed by atoms with E-state index < -0.39 is 0 Å². The topological polar surface area (TPSA) is 49.4 Å². The van der Waals surface area contributed by atoms with Gasteiger partial charge in [0.1, 0.15) is 5.37 Å². The molecule has 2 aromatic carbocycles. The van der Waals surface area contributed by atoms with E-state index in [1.807, 2.05) is 41.3 Å². The highest BCUT2D eigenvalue weighted by Gasteiger charge is 2.34. The lowest BCUT2D eigenvalue weighted by Crippen LogP contribution is -2.27. The smallest absolute Gasteiger partial charge is 0.238 e. The zero-order valence-electron chi connectivity index (χ0n) is 13.8. The van der Waals surface area contributed by atoms with Crippen LogP contribution >= 0.6 is 11.8 Å². The van der Waals surface area contributed by atoms with Gasteiger partial charge >= 0.3 is 0 Å². The Bertz CT molecular complexity index is 758. The molecule has 2 aromatic rings. The standard InChI is InChI=1S/C19H20N2O2S/c1-3-14-5-4-6-17(11-14)21-18(23)12-24-19(21)15-7-9-16(10-8-15)20-13(2)22/h4-11,19H,3,12H2,1-2H3,(H,20,22). The molecule has 4 nitrogen and oxygen atoms in total. The van der Waals surface area contributed by atoms with Crippen molar-refractivity contribution in [1.29, 1.82) is 0 Å². The third-order valence-electron chi connectivity index (χ3n) is 3.98. The monoisotopic (exact) mass is 340 g/mol. The number of rotatable bonds is 4.